The quantitative estimate of drug-likeness (QED) is 0.850. The molecule has 106 valence electrons. The fraction of sp³-hybridized carbons (Fsp3) is 0.333. The molecule has 0 radical (unpaired) electrons. The van der Waals surface area contributed by atoms with Gasteiger partial charge in [0.15, 0.2) is 0 Å². The van der Waals surface area contributed by atoms with E-state index < -0.39 is 5.97 Å². The molecule has 0 aliphatic carbocycles. The van der Waals surface area contributed by atoms with E-state index in [2.05, 4.69) is 5.10 Å². The van der Waals surface area contributed by atoms with Crippen molar-refractivity contribution >= 4 is 17.6 Å². The summed E-state index contributed by atoms with van der Waals surface area (Å²) < 4.78 is 1.65. The van der Waals surface area contributed by atoms with Crippen molar-refractivity contribution in [2.24, 2.45) is 0 Å². The highest BCUT2D eigenvalue weighted by Crippen LogP contribution is 2.22. The predicted molar refractivity (Wildman–Crippen MR) is 76.3 cm³/mol. The lowest BCUT2D eigenvalue weighted by Gasteiger charge is -2.08. The maximum Gasteiger partial charge on any atom is 0.0752 e. The molecule has 0 spiro atoms. The lowest BCUT2D eigenvalue weighted by molar-refractivity contribution is -0.255. The molecule has 0 fully saturated rings. The van der Waals surface area contributed by atoms with Crippen molar-refractivity contribution in [2.75, 3.05) is 0 Å². The number of carbonyl (C=O) groups is 1. The first-order valence-corrected chi connectivity index (χ1v) is 7.04. The Balaban J connectivity index is 2.64. The molecule has 4 nitrogen and oxygen atoms in total. The van der Waals surface area contributed by atoms with Gasteiger partial charge in [0.1, 0.15) is 0 Å². The van der Waals surface area contributed by atoms with E-state index in [4.69, 9.17) is 11.6 Å². The van der Waals surface area contributed by atoms with E-state index in [0.29, 0.717) is 29.3 Å². The lowest BCUT2D eigenvalue weighted by Crippen LogP contribution is -2.24. The third-order valence-corrected chi connectivity index (χ3v) is 3.37. The Labute approximate surface area is 123 Å². The second-order valence-electron chi connectivity index (χ2n) is 4.55. The molecule has 0 saturated heterocycles. The van der Waals surface area contributed by atoms with Crippen LogP contribution >= 0.6 is 11.6 Å². The highest BCUT2D eigenvalue weighted by Gasteiger charge is 2.17. The zero-order chi connectivity index (χ0) is 14.7. The van der Waals surface area contributed by atoms with Crippen molar-refractivity contribution in [3.8, 4) is 5.69 Å². The van der Waals surface area contributed by atoms with Gasteiger partial charge >= 0.3 is 0 Å². The molecule has 0 aliphatic rings. The molecule has 20 heavy (non-hydrogen) atoms. The molecule has 0 unspecified atom stereocenters. The van der Waals surface area contributed by atoms with E-state index in [1.54, 1.807) is 16.8 Å². The number of halogens is 1. The van der Waals surface area contributed by atoms with Crippen molar-refractivity contribution in [1.29, 1.82) is 0 Å². The van der Waals surface area contributed by atoms with E-state index >= 15 is 0 Å². The number of benzene rings is 1. The number of hydrogen-bond donors (Lipinski definition) is 0. The van der Waals surface area contributed by atoms with Gasteiger partial charge in [0, 0.05) is 10.6 Å². The van der Waals surface area contributed by atoms with Gasteiger partial charge in [0.05, 0.1) is 23.0 Å². The maximum atomic E-state index is 11.4. The zero-order valence-electron chi connectivity index (χ0n) is 11.5. The largest absolute Gasteiger partial charge is 0.545 e. The fourth-order valence-electron chi connectivity index (χ4n) is 2.30. The summed E-state index contributed by atoms with van der Waals surface area (Å²) in [6.45, 7) is 3.89. The number of nitrogens with zero attached hydrogens (tertiary/aromatic N) is 2. The van der Waals surface area contributed by atoms with E-state index in [-0.39, 0.29) is 5.56 Å². The van der Waals surface area contributed by atoms with Crippen LogP contribution in [0.3, 0.4) is 0 Å². The number of rotatable bonds is 5. The first-order chi connectivity index (χ1) is 9.58. The lowest BCUT2D eigenvalue weighted by atomic mass is 10.1. The Hall–Kier alpha value is -1.81. The normalized spacial score (nSPS) is 10.8. The number of aryl methyl sites for hydroxylation is 1. The summed E-state index contributed by atoms with van der Waals surface area (Å²) in [5.74, 6) is -1.17. The molecule has 1 heterocycles. The van der Waals surface area contributed by atoms with Crippen LogP contribution in [0.15, 0.2) is 24.3 Å². The summed E-state index contributed by atoms with van der Waals surface area (Å²) in [6.07, 6.45) is 2.01. The third-order valence-electron chi connectivity index (χ3n) is 3.13. The number of hydrogen-bond acceptors (Lipinski definition) is 3. The first kappa shape index (κ1) is 14.6. The second kappa shape index (κ2) is 6.09. The molecule has 0 atom stereocenters. The number of carboxylic acids is 1. The van der Waals surface area contributed by atoms with Crippen LogP contribution in [0.1, 0.15) is 42.0 Å². The SMILES string of the molecule is CCCc1nn(-c2cccc(Cl)c2)c(CC)c1C(=O)[O-]. The Bertz CT molecular complexity index is 635. The van der Waals surface area contributed by atoms with Crippen LogP contribution in [0.2, 0.25) is 5.02 Å². The smallest absolute Gasteiger partial charge is 0.0752 e. The minimum absolute atomic E-state index is 0.217. The van der Waals surface area contributed by atoms with Crippen LogP contribution in [0, 0.1) is 0 Å². The van der Waals surface area contributed by atoms with Crippen LogP contribution in [0.5, 0.6) is 0 Å². The van der Waals surface area contributed by atoms with E-state index in [1.807, 2.05) is 26.0 Å². The average molecular weight is 292 g/mol. The van der Waals surface area contributed by atoms with Gasteiger partial charge in [-0.25, -0.2) is 4.68 Å². The molecule has 0 amide bonds. The van der Waals surface area contributed by atoms with Crippen LogP contribution in [-0.2, 0) is 12.8 Å². The molecular weight excluding hydrogens is 276 g/mol. The molecule has 5 heteroatoms. The summed E-state index contributed by atoms with van der Waals surface area (Å²) in [7, 11) is 0. The van der Waals surface area contributed by atoms with Gasteiger partial charge < -0.3 is 9.90 Å². The summed E-state index contributed by atoms with van der Waals surface area (Å²) >= 11 is 5.99. The minimum Gasteiger partial charge on any atom is -0.545 e. The number of aromatic carboxylic acids is 1. The van der Waals surface area contributed by atoms with Crippen LogP contribution < -0.4 is 5.11 Å². The van der Waals surface area contributed by atoms with Crippen LogP contribution in [0.4, 0.5) is 0 Å². The summed E-state index contributed by atoms with van der Waals surface area (Å²) in [4.78, 5) is 11.4. The van der Waals surface area contributed by atoms with Crippen molar-refractivity contribution in [2.45, 2.75) is 33.1 Å². The van der Waals surface area contributed by atoms with Gasteiger partial charge in [-0.2, -0.15) is 5.10 Å². The number of aromatic nitrogens is 2. The molecule has 0 aliphatic heterocycles. The maximum absolute atomic E-state index is 11.4. The monoisotopic (exact) mass is 291 g/mol. The van der Waals surface area contributed by atoms with Gasteiger partial charge in [-0.1, -0.05) is 37.9 Å². The topological polar surface area (TPSA) is 58.0 Å². The predicted octanol–water partition coefficient (Wildman–Crippen LogP) is 2.40. The third kappa shape index (κ3) is 2.70. The molecule has 1 aromatic heterocycles. The second-order valence-corrected chi connectivity index (χ2v) is 4.99. The van der Waals surface area contributed by atoms with E-state index in [1.165, 1.54) is 0 Å². The first-order valence-electron chi connectivity index (χ1n) is 6.66. The number of carboxylic acid groups (broad SMARTS) is 1. The Morgan fingerprint density at radius 1 is 1.40 bits per heavy atom. The number of carbonyl (C=O) groups excluding carboxylic acids is 1. The fourth-order valence-corrected chi connectivity index (χ4v) is 2.48. The van der Waals surface area contributed by atoms with E-state index in [0.717, 1.165) is 12.1 Å². The van der Waals surface area contributed by atoms with Crippen molar-refractivity contribution in [3.05, 3.63) is 46.2 Å². The summed E-state index contributed by atoms with van der Waals surface area (Å²) in [6, 6.07) is 7.21. The molecule has 0 saturated carbocycles. The average Bonchev–Trinajstić information content (AvgIpc) is 2.77. The van der Waals surface area contributed by atoms with Gasteiger partial charge in [-0.3, -0.25) is 0 Å². The zero-order valence-corrected chi connectivity index (χ0v) is 12.3. The Kier molecular flexibility index (Phi) is 4.45. The highest BCUT2D eigenvalue weighted by atomic mass is 35.5. The van der Waals surface area contributed by atoms with Crippen molar-refractivity contribution < 1.29 is 9.90 Å². The molecule has 2 rings (SSSR count). The molecule has 0 N–H and O–H groups in total. The van der Waals surface area contributed by atoms with Gasteiger partial charge in [0.25, 0.3) is 0 Å². The van der Waals surface area contributed by atoms with Crippen LogP contribution in [-0.4, -0.2) is 15.7 Å². The molecule has 0 bridgehead atoms. The Morgan fingerprint density at radius 2 is 2.15 bits per heavy atom. The van der Waals surface area contributed by atoms with Gasteiger partial charge in [-0.15, -0.1) is 0 Å². The highest BCUT2D eigenvalue weighted by molar-refractivity contribution is 6.30. The molecule has 2 aromatic rings. The Morgan fingerprint density at radius 3 is 2.70 bits per heavy atom. The van der Waals surface area contributed by atoms with Crippen LogP contribution in [0.25, 0.3) is 5.69 Å². The van der Waals surface area contributed by atoms with E-state index in [9.17, 15) is 9.90 Å². The van der Waals surface area contributed by atoms with Crippen molar-refractivity contribution in [1.82, 2.24) is 9.78 Å². The summed E-state index contributed by atoms with van der Waals surface area (Å²) in [5.41, 5.74) is 2.20. The molecular formula is C15H16ClN2O2-. The van der Waals surface area contributed by atoms with Gasteiger partial charge in [-0.05, 0) is 31.0 Å². The summed E-state index contributed by atoms with van der Waals surface area (Å²) in [5, 5.41) is 16.4. The van der Waals surface area contributed by atoms with Gasteiger partial charge in [0.2, 0.25) is 0 Å². The van der Waals surface area contributed by atoms with Crippen molar-refractivity contribution in [3.63, 3.8) is 0 Å². The minimum atomic E-state index is -1.17. The standard InChI is InChI=1S/C15H17ClN2O2/c1-3-6-12-14(15(19)20)13(4-2)18(17-12)11-8-5-7-10(16)9-11/h5,7-9H,3-4,6H2,1-2H3,(H,19,20)/p-1. The molecule has 1 aromatic carbocycles.